The molecule has 1 amide bonds. The second kappa shape index (κ2) is 9.40. The van der Waals surface area contributed by atoms with E-state index < -0.39 is 5.97 Å². The minimum Gasteiger partial charge on any atom is -0.477 e. The van der Waals surface area contributed by atoms with Gasteiger partial charge in [0.25, 0.3) is 0 Å². The monoisotopic (exact) mass is 423 g/mol. The molecule has 0 spiro atoms. The summed E-state index contributed by atoms with van der Waals surface area (Å²) >= 11 is 2.82. The molecule has 0 radical (unpaired) electrons. The molecule has 2 N–H and O–H groups in total. The number of carboxylic acid groups (broad SMARTS) is 1. The number of aliphatic carboxylic acids is 1. The van der Waals surface area contributed by atoms with Crippen LogP contribution in [-0.2, 0) is 16.1 Å². The Morgan fingerprint density at radius 2 is 2.32 bits per heavy atom. The predicted molar refractivity (Wildman–Crippen MR) is 103 cm³/mol. The Balaban J connectivity index is 1.68. The Bertz CT molecular complexity index is 819. The van der Waals surface area contributed by atoms with Crippen molar-refractivity contribution >= 4 is 35.4 Å². The zero-order valence-corrected chi connectivity index (χ0v) is 17.0. The normalized spacial score (nSPS) is 21.3. The van der Waals surface area contributed by atoms with E-state index in [1.165, 1.54) is 21.3 Å². The summed E-state index contributed by atoms with van der Waals surface area (Å²) in [6.07, 6.45) is 3.20. The van der Waals surface area contributed by atoms with E-state index in [-0.39, 0.29) is 29.6 Å². The number of carbonyl (C=O) groups is 2. The molecule has 3 rings (SSSR count). The molecule has 150 valence electrons. The van der Waals surface area contributed by atoms with Crippen LogP contribution in [0.15, 0.2) is 16.4 Å². The van der Waals surface area contributed by atoms with E-state index in [4.69, 9.17) is 5.26 Å². The number of β-lactam (4-membered cyclic amide) rings is 1. The molecule has 0 aromatic carbocycles. The van der Waals surface area contributed by atoms with Crippen molar-refractivity contribution in [1.82, 2.24) is 30.4 Å². The van der Waals surface area contributed by atoms with Crippen molar-refractivity contribution in [3.8, 4) is 6.07 Å². The van der Waals surface area contributed by atoms with Crippen molar-refractivity contribution in [3.05, 3.63) is 11.3 Å². The number of thioether (sulfide) groups is 2. The summed E-state index contributed by atoms with van der Waals surface area (Å²) in [6, 6.07) is 1.64. The van der Waals surface area contributed by atoms with Gasteiger partial charge in [0.05, 0.1) is 6.07 Å². The average molecular weight is 424 g/mol. The van der Waals surface area contributed by atoms with E-state index in [2.05, 4.69) is 27.8 Å². The first-order valence-corrected chi connectivity index (χ1v) is 11.0. The summed E-state index contributed by atoms with van der Waals surface area (Å²) in [4.78, 5) is 25.8. The van der Waals surface area contributed by atoms with Crippen molar-refractivity contribution in [2.75, 3.05) is 18.1 Å². The van der Waals surface area contributed by atoms with E-state index in [1.54, 1.807) is 11.8 Å². The van der Waals surface area contributed by atoms with Crippen LogP contribution in [0.25, 0.3) is 0 Å². The number of carbonyl (C=O) groups excluding carboxylic acids is 1. The molecule has 2 aliphatic heterocycles. The van der Waals surface area contributed by atoms with E-state index in [0.717, 1.165) is 25.8 Å². The molecule has 1 aromatic heterocycles. The van der Waals surface area contributed by atoms with Crippen molar-refractivity contribution < 1.29 is 14.7 Å². The highest BCUT2D eigenvalue weighted by molar-refractivity contribution is 8.01. The van der Waals surface area contributed by atoms with Gasteiger partial charge in [0.15, 0.2) is 0 Å². The van der Waals surface area contributed by atoms with Gasteiger partial charge in [-0.25, -0.2) is 9.48 Å². The lowest BCUT2D eigenvalue weighted by atomic mass is 10.0. The van der Waals surface area contributed by atoms with Crippen LogP contribution >= 0.6 is 23.5 Å². The van der Waals surface area contributed by atoms with E-state index in [1.807, 2.05) is 6.07 Å². The summed E-state index contributed by atoms with van der Waals surface area (Å²) in [5, 5.41) is 33.1. The maximum Gasteiger partial charge on any atom is 0.352 e. The minimum atomic E-state index is -1.10. The number of hydrogen-bond donors (Lipinski definition) is 2. The number of amides is 1. The van der Waals surface area contributed by atoms with Crippen molar-refractivity contribution in [1.29, 1.82) is 5.26 Å². The Labute approximate surface area is 170 Å². The molecule has 1 fully saturated rings. The Morgan fingerprint density at radius 3 is 3.04 bits per heavy atom. The topological polar surface area (TPSA) is 137 Å². The number of carboxylic acids is 1. The number of fused-ring (bicyclic) bond motifs is 1. The van der Waals surface area contributed by atoms with Gasteiger partial charge in [-0.1, -0.05) is 31.5 Å². The van der Waals surface area contributed by atoms with Gasteiger partial charge in [-0.15, -0.1) is 16.9 Å². The summed E-state index contributed by atoms with van der Waals surface area (Å²) in [5.74, 6) is -0.431. The molecule has 1 saturated heterocycles. The van der Waals surface area contributed by atoms with Gasteiger partial charge in [-0.2, -0.15) is 5.26 Å². The number of aromatic nitrogens is 4. The number of hydrogen-bond acceptors (Lipinski definition) is 9. The number of nitrogens with one attached hydrogen (secondary N) is 1. The van der Waals surface area contributed by atoms with E-state index >= 15 is 0 Å². The molecular formula is C16H21N7O3S2. The number of unbranched alkanes of at least 4 members (excludes halogenated alkanes) is 2. The Morgan fingerprint density at radius 1 is 1.50 bits per heavy atom. The first kappa shape index (κ1) is 20.6. The second-order valence-corrected chi connectivity index (χ2v) is 8.42. The van der Waals surface area contributed by atoms with Crippen LogP contribution in [0.4, 0.5) is 0 Å². The molecule has 0 bridgehead atoms. The minimum absolute atomic E-state index is 0.0208. The fraction of sp³-hybridized carbons (Fsp3) is 0.625. The van der Waals surface area contributed by atoms with Crippen LogP contribution < -0.4 is 5.32 Å². The van der Waals surface area contributed by atoms with E-state index in [0.29, 0.717) is 22.2 Å². The lowest BCUT2D eigenvalue weighted by Gasteiger charge is -2.49. The quantitative estimate of drug-likeness (QED) is 0.314. The SMILES string of the molecule is CCCCCNC1C(=O)N2C(C(=O)O)=C(CSc3nnnn3CC#N)CS[C@H]12. The maximum atomic E-state index is 12.6. The maximum absolute atomic E-state index is 12.6. The second-order valence-electron chi connectivity index (χ2n) is 6.37. The molecule has 28 heavy (non-hydrogen) atoms. The Hall–Kier alpha value is -2.10. The summed E-state index contributed by atoms with van der Waals surface area (Å²) in [7, 11) is 0. The van der Waals surface area contributed by atoms with Crippen LogP contribution in [0.1, 0.15) is 26.2 Å². The van der Waals surface area contributed by atoms with Crippen LogP contribution in [0.3, 0.4) is 0 Å². The third-order valence-corrected chi connectivity index (χ3v) is 6.87. The smallest absolute Gasteiger partial charge is 0.352 e. The number of nitrogens with zero attached hydrogens (tertiary/aromatic N) is 6. The summed E-state index contributed by atoms with van der Waals surface area (Å²) < 4.78 is 1.36. The molecule has 2 atom stereocenters. The first-order valence-electron chi connectivity index (χ1n) is 8.97. The number of nitriles is 1. The predicted octanol–water partition coefficient (Wildman–Crippen LogP) is 0.691. The Kier molecular flexibility index (Phi) is 6.93. The first-order chi connectivity index (χ1) is 13.6. The van der Waals surface area contributed by atoms with Crippen LogP contribution in [0, 0.1) is 11.3 Å². The van der Waals surface area contributed by atoms with Gasteiger partial charge in [0, 0.05) is 11.5 Å². The van der Waals surface area contributed by atoms with Gasteiger partial charge < -0.3 is 10.4 Å². The zero-order chi connectivity index (χ0) is 20.1. The molecule has 2 aliphatic rings. The zero-order valence-electron chi connectivity index (χ0n) is 15.4. The molecule has 3 heterocycles. The molecule has 1 unspecified atom stereocenters. The highest BCUT2D eigenvalue weighted by Crippen LogP contribution is 2.41. The van der Waals surface area contributed by atoms with Crippen molar-refractivity contribution in [2.24, 2.45) is 0 Å². The van der Waals surface area contributed by atoms with Crippen LogP contribution in [0.5, 0.6) is 0 Å². The van der Waals surface area contributed by atoms with Crippen molar-refractivity contribution in [2.45, 2.75) is 49.3 Å². The van der Waals surface area contributed by atoms with Gasteiger partial charge in [0.2, 0.25) is 11.1 Å². The highest BCUT2D eigenvalue weighted by Gasteiger charge is 2.53. The third kappa shape index (κ3) is 4.16. The van der Waals surface area contributed by atoms with Crippen LogP contribution in [0.2, 0.25) is 0 Å². The van der Waals surface area contributed by atoms with Gasteiger partial charge >= 0.3 is 5.97 Å². The fourth-order valence-corrected chi connectivity index (χ4v) is 5.49. The number of rotatable bonds is 10. The largest absolute Gasteiger partial charge is 0.477 e. The molecule has 1 aromatic rings. The molecular weight excluding hydrogens is 402 g/mol. The van der Waals surface area contributed by atoms with Crippen LogP contribution in [-0.4, -0.2) is 71.6 Å². The molecule has 12 heteroatoms. The molecule has 10 nitrogen and oxygen atoms in total. The van der Waals surface area contributed by atoms with Crippen molar-refractivity contribution in [3.63, 3.8) is 0 Å². The van der Waals surface area contributed by atoms with Gasteiger partial charge in [-0.3, -0.25) is 9.69 Å². The number of tetrazole rings is 1. The van der Waals surface area contributed by atoms with Gasteiger partial charge in [0.1, 0.15) is 23.7 Å². The average Bonchev–Trinajstić information content (AvgIpc) is 3.12. The van der Waals surface area contributed by atoms with Gasteiger partial charge in [-0.05, 0) is 29.0 Å². The standard InChI is InChI=1S/C16H21N7O3S2/c1-2-3-4-6-18-11-13(24)23-12(15(25)26)10(8-27-14(11)23)9-28-16-19-20-21-22(16)7-5-17/h11,14,18H,2-4,6-9H2,1H3,(H,25,26)/t11?,14-/m1/s1. The molecule has 0 saturated carbocycles. The lowest BCUT2D eigenvalue weighted by Crippen LogP contribution is -2.70. The fourth-order valence-electron chi connectivity index (χ4n) is 3.10. The third-order valence-electron chi connectivity index (χ3n) is 4.49. The van der Waals surface area contributed by atoms with E-state index in [9.17, 15) is 14.7 Å². The summed E-state index contributed by atoms with van der Waals surface area (Å²) in [6.45, 7) is 2.90. The highest BCUT2D eigenvalue weighted by atomic mass is 32.2. The summed E-state index contributed by atoms with van der Waals surface area (Å²) in [5.41, 5.74) is 0.718. The molecule has 0 aliphatic carbocycles. The lowest BCUT2D eigenvalue weighted by molar-refractivity contribution is -0.149.